The SMILES string of the molecule is CCc1cc(CC)cc(-c2ccc(-c3cccs3)s2)c1. The highest BCUT2D eigenvalue weighted by atomic mass is 32.1. The van der Waals surface area contributed by atoms with Crippen LogP contribution in [0.25, 0.3) is 20.2 Å². The van der Waals surface area contributed by atoms with Crippen LogP contribution < -0.4 is 0 Å². The zero-order valence-corrected chi connectivity index (χ0v) is 13.5. The zero-order chi connectivity index (χ0) is 13.9. The van der Waals surface area contributed by atoms with E-state index in [1.807, 2.05) is 22.7 Å². The number of hydrogen-bond donors (Lipinski definition) is 0. The molecule has 0 atom stereocenters. The molecule has 102 valence electrons. The molecule has 0 saturated heterocycles. The maximum absolute atomic E-state index is 2.34. The number of rotatable bonds is 4. The standard InChI is InChI=1S/C18H18S2/c1-3-13-10-14(4-2)12-15(11-13)16-7-8-18(20-16)17-6-5-9-19-17/h5-12H,3-4H2,1-2H3. The Hall–Kier alpha value is -1.38. The van der Waals surface area contributed by atoms with Gasteiger partial charge in [0.05, 0.1) is 0 Å². The van der Waals surface area contributed by atoms with Gasteiger partial charge in [0.1, 0.15) is 0 Å². The van der Waals surface area contributed by atoms with E-state index in [-0.39, 0.29) is 0 Å². The summed E-state index contributed by atoms with van der Waals surface area (Å²) in [5, 5.41) is 2.14. The zero-order valence-electron chi connectivity index (χ0n) is 11.8. The van der Waals surface area contributed by atoms with E-state index >= 15 is 0 Å². The average Bonchev–Trinajstić information content (AvgIpc) is 3.17. The van der Waals surface area contributed by atoms with E-state index < -0.39 is 0 Å². The number of hydrogen-bond acceptors (Lipinski definition) is 2. The van der Waals surface area contributed by atoms with Crippen molar-refractivity contribution < 1.29 is 0 Å². The summed E-state index contributed by atoms with van der Waals surface area (Å²) in [6, 6.07) is 15.8. The van der Waals surface area contributed by atoms with Crippen molar-refractivity contribution in [1.29, 1.82) is 0 Å². The highest BCUT2D eigenvalue weighted by Gasteiger charge is 2.07. The molecule has 2 heteroatoms. The lowest BCUT2D eigenvalue weighted by atomic mass is 10.0. The normalized spacial score (nSPS) is 10.9. The lowest BCUT2D eigenvalue weighted by molar-refractivity contribution is 1.09. The van der Waals surface area contributed by atoms with Gasteiger partial charge in [0.2, 0.25) is 0 Å². The van der Waals surface area contributed by atoms with Gasteiger partial charge in [0, 0.05) is 14.6 Å². The van der Waals surface area contributed by atoms with Gasteiger partial charge in [-0.25, -0.2) is 0 Å². The lowest BCUT2D eigenvalue weighted by Crippen LogP contribution is -1.87. The van der Waals surface area contributed by atoms with Crippen LogP contribution in [0.4, 0.5) is 0 Å². The van der Waals surface area contributed by atoms with Gasteiger partial charge in [-0.1, -0.05) is 38.1 Å². The number of benzene rings is 1. The quantitative estimate of drug-likeness (QED) is 0.532. The molecule has 0 spiro atoms. The predicted octanol–water partition coefficient (Wildman–Crippen LogP) is 6.27. The molecule has 20 heavy (non-hydrogen) atoms. The molecule has 2 aromatic heterocycles. The van der Waals surface area contributed by atoms with Crippen LogP contribution in [0.2, 0.25) is 0 Å². The van der Waals surface area contributed by atoms with Gasteiger partial charge in [0.25, 0.3) is 0 Å². The first-order valence-electron chi connectivity index (χ1n) is 7.07. The Morgan fingerprint density at radius 2 is 1.50 bits per heavy atom. The van der Waals surface area contributed by atoms with Crippen LogP contribution in [0.15, 0.2) is 47.8 Å². The molecule has 3 rings (SSSR count). The van der Waals surface area contributed by atoms with Crippen molar-refractivity contribution in [2.24, 2.45) is 0 Å². The first-order valence-corrected chi connectivity index (χ1v) is 8.76. The van der Waals surface area contributed by atoms with Crippen molar-refractivity contribution in [3.63, 3.8) is 0 Å². The summed E-state index contributed by atoms with van der Waals surface area (Å²) in [4.78, 5) is 4.11. The summed E-state index contributed by atoms with van der Waals surface area (Å²) in [5.74, 6) is 0. The Balaban J connectivity index is 2.00. The maximum Gasteiger partial charge on any atom is 0.0449 e. The van der Waals surface area contributed by atoms with E-state index in [0.717, 1.165) is 12.8 Å². The van der Waals surface area contributed by atoms with Gasteiger partial charge in [-0.05, 0) is 53.1 Å². The fourth-order valence-corrected chi connectivity index (χ4v) is 4.19. The van der Waals surface area contributed by atoms with Gasteiger partial charge < -0.3 is 0 Å². The lowest BCUT2D eigenvalue weighted by Gasteiger charge is -2.06. The number of aryl methyl sites for hydroxylation is 2. The van der Waals surface area contributed by atoms with Crippen molar-refractivity contribution in [1.82, 2.24) is 0 Å². The second kappa shape index (κ2) is 5.94. The average molecular weight is 298 g/mol. The second-order valence-electron chi connectivity index (χ2n) is 4.89. The van der Waals surface area contributed by atoms with Crippen molar-refractivity contribution in [2.45, 2.75) is 26.7 Å². The van der Waals surface area contributed by atoms with Crippen LogP contribution in [0, 0.1) is 0 Å². The Morgan fingerprint density at radius 3 is 2.10 bits per heavy atom. The third-order valence-corrected chi connectivity index (χ3v) is 5.72. The summed E-state index contributed by atoms with van der Waals surface area (Å²) in [5.41, 5.74) is 4.24. The first kappa shape index (κ1) is 13.6. The van der Waals surface area contributed by atoms with Crippen LogP contribution in [0.5, 0.6) is 0 Å². The molecule has 0 nitrogen and oxygen atoms in total. The third-order valence-electron chi connectivity index (χ3n) is 3.52. The molecule has 0 fully saturated rings. The molecule has 0 aliphatic heterocycles. The van der Waals surface area contributed by atoms with Gasteiger partial charge in [-0.3, -0.25) is 0 Å². The molecule has 2 heterocycles. The summed E-state index contributed by atoms with van der Waals surface area (Å²) in [7, 11) is 0. The van der Waals surface area contributed by atoms with Crippen LogP contribution >= 0.6 is 22.7 Å². The molecule has 0 aliphatic rings. The van der Waals surface area contributed by atoms with Crippen molar-refractivity contribution in [2.75, 3.05) is 0 Å². The van der Waals surface area contributed by atoms with E-state index in [0.29, 0.717) is 0 Å². The van der Waals surface area contributed by atoms with Crippen LogP contribution in [0.3, 0.4) is 0 Å². The molecule has 0 amide bonds. The first-order chi connectivity index (χ1) is 9.80. The molecule has 0 saturated carbocycles. The monoisotopic (exact) mass is 298 g/mol. The molecule has 3 aromatic rings. The van der Waals surface area contributed by atoms with E-state index in [1.54, 1.807) is 0 Å². The minimum atomic E-state index is 1.10. The van der Waals surface area contributed by atoms with E-state index in [4.69, 9.17) is 0 Å². The molecule has 0 radical (unpaired) electrons. The Bertz CT molecular complexity index is 668. The molecule has 0 N–H and O–H groups in total. The van der Waals surface area contributed by atoms with Crippen LogP contribution in [-0.2, 0) is 12.8 Å². The fraction of sp³-hybridized carbons (Fsp3) is 0.222. The molecule has 0 unspecified atom stereocenters. The van der Waals surface area contributed by atoms with E-state index in [1.165, 1.54) is 31.3 Å². The van der Waals surface area contributed by atoms with Crippen LogP contribution in [-0.4, -0.2) is 0 Å². The largest absolute Gasteiger partial charge is 0.143 e. The van der Waals surface area contributed by atoms with Crippen molar-refractivity contribution in [3.05, 3.63) is 59.0 Å². The highest BCUT2D eigenvalue weighted by molar-refractivity contribution is 7.23. The summed E-state index contributed by atoms with van der Waals surface area (Å²) >= 11 is 3.70. The van der Waals surface area contributed by atoms with Gasteiger partial charge >= 0.3 is 0 Å². The van der Waals surface area contributed by atoms with Gasteiger partial charge in [-0.2, -0.15) is 0 Å². The summed E-state index contributed by atoms with van der Waals surface area (Å²) in [6.45, 7) is 4.45. The van der Waals surface area contributed by atoms with Gasteiger partial charge in [0.15, 0.2) is 0 Å². The van der Waals surface area contributed by atoms with E-state index in [9.17, 15) is 0 Å². The molecular formula is C18H18S2. The Labute approximate surface area is 128 Å². The molecule has 0 bridgehead atoms. The Kier molecular flexibility index (Phi) is 4.04. The minimum absolute atomic E-state index is 1.10. The fourth-order valence-electron chi connectivity index (χ4n) is 2.36. The van der Waals surface area contributed by atoms with Crippen molar-refractivity contribution >= 4 is 22.7 Å². The van der Waals surface area contributed by atoms with Crippen molar-refractivity contribution in [3.8, 4) is 20.2 Å². The highest BCUT2D eigenvalue weighted by Crippen LogP contribution is 2.37. The molecular weight excluding hydrogens is 280 g/mol. The number of thiophene rings is 2. The predicted molar refractivity (Wildman–Crippen MR) is 91.8 cm³/mol. The van der Waals surface area contributed by atoms with Gasteiger partial charge in [-0.15, -0.1) is 22.7 Å². The second-order valence-corrected chi connectivity index (χ2v) is 6.92. The maximum atomic E-state index is 2.34. The Morgan fingerprint density at radius 1 is 0.800 bits per heavy atom. The summed E-state index contributed by atoms with van der Waals surface area (Å²) in [6.07, 6.45) is 2.20. The van der Waals surface area contributed by atoms with Crippen LogP contribution in [0.1, 0.15) is 25.0 Å². The smallest absolute Gasteiger partial charge is 0.0449 e. The topological polar surface area (TPSA) is 0 Å². The summed E-state index contributed by atoms with van der Waals surface area (Å²) < 4.78 is 0. The third kappa shape index (κ3) is 2.72. The molecule has 1 aromatic carbocycles. The van der Waals surface area contributed by atoms with E-state index in [2.05, 4.69) is 61.7 Å². The molecule has 0 aliphatic carbocycles. The minimum Gasteiger partial charge on any atom is -0.143 e.